The first-order valence-electron chi connectivity index (χ1n) is 4.52. The van der Waals surface area contributed by atoms with E-state index in [0.29, 0.717) is 6.54 Å². The fourth-order valence-corrected chi connectivity index (χ4v) is 2.30. The molecule has 0 atom stereocenters. The molecule has 1 rings (SSSR count). The third-order valence-electron chi connectivity index (χ3n) is 2.05. The molecule has 5 heteroatoms. The third-order valence-corrected chi connectivity index (χ3v) is 3.61. The van der Waals surface area contributed by atoms with Crippen LogP contribution in [0, 0.1) is 0 Å². The van der Waals surface area contributed by atoms with Gasteiger partial charge in [-0.15, -0.1) is 11.3 Å². The molecule has 1 aromatic heterocycles. The first kappa shape index (κ1) is 12.7. The quantitative estimate of drug-likeness (QED) is 0.867. The van der Waals surface area contributed by atoms with Crippen LogP contribution in [0.2, 0.25) is 0 Å². The third kappa shape index (κ3) is 3.59. The van der Waals surface area contributed by atoms with Crippen LogP contribution in [0.1, 0.15) is 19.4 Å². The van der Waals surface area contributed by atoms with Crippen molar-refractivity contribution in [3.8, 4) is 0 Å². The molecular weight excluding hydrogens is 278 g/mol. The van der Waals surface area contributed by atoms with Crippen LogP contribution in [0.3, 0.4) is 0 Å². The first-order valence-corrected chi connectivity index (χ1v) is 6.19. The Balaban J connectivity index is 2.53. The Bertz CT molecular complexity index is 349. The number of hydrogen-bond acceptors (Lipinski definition) is 4. The summed E-state index contributed by atoms with van der Waals surface area (Å²) in [5.74, 6) is -0.253. The molecule has 0 aliphatic rings. The SMILES string of the molecule is COC(=O)C(C)(C)NCc1csc(Br)c1. The summed E-state index contributed by atoms with van der Waals surface area (Å²) >= 11 is 5.02. The van der Waals surface area contributed by atoms with Gasteiger partial charge in [-0.1, -0.05) is 0 Å². The number of nitrogens with one attached hydrogen (secondary N) is 1. The summed E-state index contributed by atoms with van der Waals surface area (Å²) in [4.78, 5) is 11.4. The molecule has 0 radical (unpaired) electrons. The lowest BCUT2D eigenvalue weighted by molar-refractivity contribution is -0.147. The van der Waals surface area contributed by atoms with Crippen LogP contribution in [0.25, 0.3) is 0 Å². The highest BCUT2D eigenvalue weighted by atomic mass is 79.9. The van der Waals surface area contributed by atoms with Gasteiger partial charge < -0.3 is 4.74 Å². The maximum atomic E-state index is 11.4. The molecule has 0 bridgehead atoms. The molecule has 3 nitrogen and oxygen atoms in total. The molecule has 1 heterocycles. The van der Waals surface area contributed by atoms with Gasteiger partial charge in [0.1, 0.15) is 5.54 Å². The predicted octanol–water partition coefficient (Wildman–Crippen LogP) is 2.55. The maximum Gasteiger partial charge on any atom is 0.325 e. The summed E-state index contributed by atoms with van der Waals surface area (Å²) in [6.07, 6.45) is 0. The highest BCUT2D eigenvalue weighted by Gasteiger charge is 2.27. The van der Waals surface area contributed by atoms with Crippen LogP contribution in [-0.4, -0.2) is 18.6 Å². The summed E-state index contributed by atoms with van der Waals surface area (Å²) < 4.78 is 5.79. The van der Waals surface area contributed by atoms with E-state index >= 15 is 0 Å². The van der Waals surface area contributed by atoms with Gasteiger partial charge in [0.2, 0.25) is 0 Å². The van der Waals surface area contributed by atoms with Gasteiger partial charge in [-0.3, -0.25) is 10.1 Å². The second kappa shape index (κ2) is 5.09. The molecule has 1 N–H and O–H groups in total. The molecule has 0 saturated heterocycles. The molecule has 84 valence electrons. The monoisotopic (exact) mass is 291 g/mol. The molecule has 0 amide bonds. The van der Waals surface area contributed by atoms with Crippen LogP contribution in [-0.2, 0) is 16.1 Å². The molecule has 0 aliphatic carbocycles. The van der Waals surface area contributed by atoms with Crippen molar-refractivity contribution in [2.75, 3.05) is 7.11 Å². The zero-order valence-electron chi connectivity index (χ0n) is 8.96. The van der Waals surface area contributed by atoms with Gasteiger partial charge in [0, 0.05) is 6.54 Å². The van der Waals surface area contributed by atoms with Crippen molar-refractivity contribution in [1.82, 2.24) is 5.32 Å². The molecule has 0 aliphatic heterocycles. The van der Waals surface area contributed by atoms with Crippen molar-refractivity contribution in [3.05, 3.63) is 20.8 Å². The van der Waals surface area contributed by atoms with Crippen molar-refractivity contribution >= 4 is 33.2 Å². The number of rotatable bonds is 4. The first-order chi connectivity index (χ1) is 6.95. The van der Waals surface area contributed by atoms with Gasteiger partial charge in [0.25, 0.3) is 0 Å². The average Bonchev–Trinajstić information content (AvgIpc) is 2.60. The van der Waals surface area contributed by atoms with E-state index in [4.69, 9.17) is 4.74 Å². The van der Waals surface area contributed by atoms with E-state index in [1.165, 1.54) is 7.11 Å². The van der Waals surface area contributed by atoms with Gasteiger partial charge >= 0.3 is 5.97 Å². The number of hydrogen-bond donors (Lipinski definition) is 1. The van der Waals surface area contributed by atoms with Gasteiger partial charge in [0.15, 0.2) is 0 Å². The summed E-state index contributed by atoms with van der Waals surface area (Å²) in [7, 11) is 1.40. The molecule has 0 spiro atoms. The molecule has 0 fully saturated rings. The van der Waals surface area contributed by atoms with E-state index in [9.17, 15) is 4.79 Å². The topological polar surface area (TPSA) is 38.3 Å². The van der Waals surface area contributed by atoms with Gasteiger partial charge in [-0.05, 0) is 46.8 Å². The van der Waals surface area contributed by atoms with E-state index in [1.54, 1.807) is 25.2 Å². The van der Waals surface area contributed by atoms with Crippen LogP contribution < -0.4 is 5.32 Å². The standard InChI is InChI=1S/C10H14BrNO2S/c1-10(2,9(13)14-3)12-5-7-4-8(11)15-6-7/h4,6,12H,5H2,1-3H3. The summed E-state index contributed by atoms with van der Waals surface area (Å²) in [6.45, 7) is 4.27. The van der Waals surface area contributed by atoms with E-state index in [-0.39, 0.29) is 5.97 Å². The van der Waals surface area contributed by atoms with Crippen LogP contribution in [0.4, 0.5) is 0 Å². The zero-order valence-corrected chi connectivity index (χ0v) is 11.4. The van der Waals surface area contributed by atoms with Crippen molar-refractivity contribution in [2.24, 2.45) is 0 Å². The number of carbonyl (C=O) groups excluding carboxylic acids is 1. The van der Waals surface area contributed by atoms with Crippen molar-refractivity contribution in [3.63, 3.8) is 0 Å². The number of esters is 1. The number of ether oxygens (including phenoxy) is 1. The zero-order chi connectivity index (χ0) is 11.5. The number of halogens is 1. The number of carbonyl (C=O) groups is 1. The molecule has 1 aromatic rings. The minimum Gasteiger partial charge on any atom is -0.468 e. The molecule has 15 heavy (non-hydrogen) atoms. The normalized spacial score (nSPS) is 11.5. The largest absolute Gasteiger partial charge is 0.468 e. The van der Waals surface area contributed by atoms with E-state index in [2.05, 4.69) is 21.2 Å². The Morgan fingerprint density at radius 3 is 2.80 bits per heavy atom. The Morgan fingerprint density at radius 2 is 2.33 bits per heavy atom. The fourth-order valence-electron chi connectivity index (χ4n) is 1.09. The van der Waals surface area contributed by atoms with Gasteiger partial charge in [-0.25, -0.2) is 0 Å². The Labute approximate surface area is 102 Å². The number of thiophene rings is 1. The fraction of sp³-hybridized carbons (Fsp3) is 0.500. The van der Waals surface area contributed by atoms with Gasteiger partial charge in [-0.2, -0.15) is 0 Å². The summed E-state index contributed by atoms with van der Waals surface area (Å²) in [5, 5.41) is 5.20. The molecular formula is C10H14BrNO2S. The minimum atomic E-state index is -0.650. The molecule has 0 aromatic carbocycles. The van der Waals surface area contributed by atoms with Gasteiger partial charge in [0.05, 0.1) is 10.9 Å². The second-order valence-electron chi connectivity index (χ2n) is 3.73. The average molecular weight is 292 g/mol. The Morgan fingerprint density at radius 1 is 1.67 bits per heavy atom. The highest BCUT2D eigenvalue weighted by Crippen LogP contribution is 2.21. The van der Waals surface area contributed by atoms with E-state index in [0.717, 1.165) is 9.35 Å². The van der Waals surface area contributed by atoms with Crippen molar-refractivity contribution in [2.45, 2.75) is 25.9 Å². The predicted molar refractivity (Wildman–Crippen MR) is 65.0 cm³/mol. The number of methoxy groups -OCH3 is 1. The van der Waals surface area contributed by atoms with E-state index < -0.39 is 5.54 Å². The smallest absolute Gasteiger partial charge is 0.325 e. The lowest BCUT2D eigenvalue weighted by Gasteiger charge is -2.22. The van der Waals surface area contributed by atoms with Crippen LogP contribution in [0.5, 0.6) is 0 Å². The van der Waals surface area contributed by atoms with Crippen LogP contribution in [0.15, 0.2) is 15.2 Å². The maximum absolute atomic E-state index is 11.4. The summed E-state index contributed by atoms with van der Waals surface area (Å²) in [5.41, 5.74) is 0.507. The van der Waals surface area contributed by atoms with Crippen LogP contribution >= 0.6 is 27.3 Å². The summed E-state index contributed by atoms with van der Waals surface area (Å²) in [6, 6.07) is 2.03. The highest BCUT2D eigenvalue weighted by molar-refractivity contribution is 9.11. The minimum absolute atomic E-state index is 0.253. The Kier molecular flexibility index (Phi) is 4.31. The molecule has 0 saturated carbocycles. The van der Waals surface area contributed by atoms with Crippen molar-refractivity contribution < 1.29 is 9.53 Å². The Hall–Kier alpha value is -0.390. The lowest BCUT2D eigenvalue weighted by Crippen LogP contribution is -2.46. The van der Waals surface area contributed by atoms with E-state index in [1.807, 2.05) is 11.4 Å². The molecule has 0 unspecified atom stereocenters. The van der Waals surface area contributed by atoms with Crippen molar-refractivity contribution in [1.29, 1.82) is 0 Å². The second-order valence-corrected chi connectivity index (χ2v) is 6.02. The lowest BCUT2D eigenvalue weighted by atomic mass is 10.1.